The van der Waals surface area contributed by atoms with Crippen LogP contribution in [0.4, 0.5) is 0 Å². The van der Waals surface area contributed by atoms with Gasteiger partial charge < -0.3 is 0 Å². The molecular formula is C13H11NOS. The molecule has 1 aromatic heterocycles. The summed E-state index contributed by atoms with van der Waals surface area (Å²) >= 11 is 0. The van der Waals surface area contributed by atoms with Crippen LogP contribution in [0.5, 0.6) is 0 Å². The summed E-state index contributed by atoms with van der Waals surface area (Å²) in [6.07, 6.45) is 1.71. The number of rotatable bonds is 1. The summed E-state index contributed by atoms with van der Waals surface area (Å²) in [6, 6.07) is 16.1. The van der Waals surface area contributed by atoms with E-state index in [9.17, 15) is 4.21 Å². The topological polar surface area (TPSA) is 22.0 Å². The fraction of sp³-hybridized carbons (Fsp3) is 0.0769. The average Bonchev–Trinajstić information content (AvgIpc) is 2.63. The third-order valence-electron chi connectivity index (χ3n) is 2.79. The smallest absolute Gasteiger partial charge is 0.121 e. The van der Waals surface area contributed by atoms with Crippen molar-refractivity contribution in [2.75, 3.05) is 6.26 Å². The van der Waals surface area contributed by atoms with Gasteiger partial charge in [0.25, 0.3) is 0 Å². The third-order valence-corrected chi connectivity index (χ3v) is 3.70. The third kappa shape index (κ3) is 1.21. The second kappa shape index (κ2) is 3.46. The van der Waals surface area contributed by atoms with E-state index in [0.717, 1.165) is 21.8 Å². The molecule has 0 saturated heterocycles. The number of hydrogen-bond donors (Lipinski definition) is 0. The quantitative estimate of drug-likeness (QED) is 0.629. The van der Waals surface area contributed by atoms with Crippen LogP contribution in [0, 0.1) is 0 Å². The van der Waals surface area contributed by atoms with Crippen LogP contribution in [0.15, 0.2) is 48.5 Å². The molecule has 1 unspecified atom stereocenters. The van der Waals surface area contributed by atoms with E-state index in [1.807, 2.05) is 40.4 Å². The molecule has 0 saturated carbocycles. The van der Waals surface area contributed by atoms with Crippen LogP contribution in [0.3, 0.4) is 0 Å². The number of fused-ring (bicyclic) bond motifs is 3. The monoisotopic (exact) mass is 229 g/mol. The summed E-state index contributed by atoms with van der Waals surface area (Å²) in [5, 5.41) is 2.32. The molecule has 0 amide bonds. The molecule has 16 heavy (non-hydrogen) atoms. The zero-order valence-electron chi connectivity index (χ0n) is 8.88. The molecule has 0 bridgehead atoms. The maximum Gasteiger partial charge on any atom is 0.121 e. The van der Waals surface area contributed by atoms with Crippen LogP contribution in [-0.4, -0.2) is 14.4 Å². The molecule has 0 radical (unpaired) electrons. The molecular weight excluding hydrogens is 218 g/mol. The lowest BCUT2D eigenvalue weighted by atomic mass is 10.2. The van der Waals surface area contributed by atoms with Gasteiger partial charge in [0, 0.05) is 17.0 Å². The van der Waals surface area contributed by atoms with Crippen molar-refractivity contribution in [3.63, 3.8) is 0 Å². The summed E-state index contributed by atoms with van der Waals surface area (Å²) in [4.78, 5) is 0. The van der Waals surface area contributed by atoms with E-state index < -0.39 is 11.0 Å². The second-order valence-electron chi connectivity index (χ2n) is 3.75. The molecule has 0 aliphatic heterocycles. The fourth-order valence-electron chi connectivity index (χ4n) is 2.16. The second-order valence-corrected chi connectivity index (χ2v) is 4.97. The van der Waals surface area contributed by atoms with Crippen molar-refractivity contribution in [3.05, 3.63) is 48.5 Å². The van der Waals surface area contributed by atoms with Crippen LogP contribution in [0.25, 0.3) is 21.8 Å². The van der Waals surface area contributed by atoms with Gasteiger partial charge in [-0.05, 0) is 12.1 Å². The van der Waals surface area contributed by atoms with Gasteiger partial charge in [-0.25, -0.2) is 4.21 Å². The minimum atomic E-state index is -1.03. The lowest BCUT2D eigenvalue weighted by Crippen LogP contribution is -2.00. The lowest BCUT2D eigenvalue weighted by Gasteiger charge is -2.01. The Morgan fingerprint density at radius 2 is 1.31 bits per heavy atom. The highest BCUT2D eigenvalue weighted by Crippen LogP contribution is 2.28. The van der Waals surface area contributed by atoms with Crippen LogP contribution in [0.2, 0.25) is 0 Å². The van der Waals surface area contributed by atoms with Crippen molar-refractivity contribution in [1.82, 2.24) is 3.97 Å². The van der Waals surface area contributed by atoms with Gasteiger partial charge in [-0.1, -0.05) is 36.4 Å². The first-order valence-electron chi connectivity index (χ1n) is 5.11. The van der Waals surface area contributed by atoms with Crippen molar-refractivity contribution in [3.8, 4) is 0 Å². The number of hydrogen-bond acceptors (Lipinski definition) is 1. The van der Waals surface area contributed by atoms with Crippen molar-refractivity contribution >= 4 is 32.8 Å². The largest absolute Gasteiger partial charge is 0.259 e. The highest BCUT2D eigenvalue weighted by Gasteiger charge is 2.10. The Bertz CT molecular complexity index is 646. The first kappa shape index (κ1) is 9.60. The molecule has 0 N–H and O–H groups in total. The Labute approximate surface area is 96.1 Å². The molecule has 0 fully saturated rings. The van der Waals surface area contributed by atoms with E-state index in [0.29, 0.717) is 0 Å². The molecule has 2 aromatic carbocycles. The van der Waals surface area contributed by atoms with Crippen LogP contribution >= 0.6 is 0 Å². The fourth-order valence-corrected chi connectivity index (χ4v) is 3.04. The number of nitrogens with zero attached hydrogens (tertiary/aromatic N) is 1. The number of benzene rings is 2. The first-order valence-corrected chi connectivity index (χ1v) is 6.62. The highest BCUT2D eigenvalue weighted by molar-refractivity contribution is 7.83. The Hall–Kier alpha value is -1.61. The van der Waals surface area contributed by atoms with Crippen molar-refractivity contribution in [1.29, 1.82) is 0 Å². The predicted octanol–water partition coefficient (Wildman–Crippen LogP) is 2.94. The van der Waals surface area contributed by atoms with E-state index in [1.54, 1.807) is 6.26 Å². The molecule has 0 aliphatic rings. The molecule has 0 spiro atoms. The van der Waals surface area contributed by atoms with Crippen molar-refractivity contribution < 1.29 is 4.21 Å². The zero-order chi connectivity index (χ0) is 11.1. The molecule has 2 nitrogen and oxygen atoms in total. The van der Waals surface area contributed by atoms with E-state index >= 15 is 0 Å². The van der Waals surface area contributed by atoms with E-state index in [1.165, 1.54) is 0 Å². The Balaban J connectivity index is 2.64. The lowest BCUT2D eigenvalue weighted by molar-refractivity contribution is 0.683. The first-order chi connectivity index (χ1) is 7.79. The van der Waals surface area contributed by atoms with Gasteiger partial charge in [0.05, 0.1) is 11.0 Å². The summed E-state index contributed by atoms with van der Waals surface area (Å²) in [7, 11) is -1.03. The maximum absolute atomic E-state index is 11.8. The molecule has 0 aliphatic carbocycles. The minimum Gasteiger partial charge on any atom is -0.259 e. The van der Waals surface area contributed by atoms with Crippen LogP contribution < -0.4 is 0 Å². The predicted molar refractivity (Wildman–Crippen MR) is 68.9 cm³/mol. The van der Waals surface area contributed by atoms with Gasteiger partial charge in [0.2, 0.25) is 0 Å². The summed E-state index contributed by atoms with van der Waals surface area (Å²) in [5.74, 6) is 0. The SMILES string of the molecule is CS(=O)n1c2ccccc2c2ccccc21. The zero-order valence-corrected chi connectivity index (χ0v) is 9.70. The van der Waals surface area contributed by atoms with E-state index in [2.05, 4.69) is 12.1 Å². The van der Waals surface area contributed by atoms with Crippen molar-refractivity contribution in [2.45, 2.75) is 0 Å². The number of para-hydroxylation sites is 2. The van der Waals surface area contributed by atoms with Gasteiger partial charge in [-0.2, -0.15) is 0 Å². The molecule has 1 heterocycles. The Morgan fingerprint density at radius 3 is 1.75 bits per heavy atom. The van der Waals surface area contributed by atoms with Gasteiger partial charge in [-0.3, -0.25) is 3.97 Å². The highest BCUT2D eigenvalue weighted by atomic mass is 32.2. The van der Waals surface area contributed by atoms with Gasteiger partial charge in [-0.15, -0.1) is 0 Å². The van der Waals surface area contributed by atoms with Gasteiger partial charge >= 0.3 is 0 Å². The normalized spacial score (nSPS) is 13.3. The molecule has 3 aromatic rings. The molecule has 80 valence electrons. The Kier molecular flexibility index (Phi) is 2.07. The number of aromatic nitrogens is 1. The molecule has 1 atom stereocenters. The van der Waals surface area contributed by atoms with Crippen molar-refractivity contribution in [2.24, 2.45) is 0 Å². The van der Waals surface area contributed by atoms with Crippen LogP contribution in [0.1, 0.15) is 0 Å². The summed E-state index contributed by atoms with van der Waals surface area (Å²) < 4.78 is 13.7. The Morgan fingerprint density at radius 1 is 0.875 bits per heavy atom. The minimum absolute atomic E-state index is 1.03. The summed E-state index contributed by atoms with van der Waals surface area (Å²) in [5.41, 5.74) is 2.06. The molecule has 3 rings (SSSR count). The molecule has 3 heteroatoms. The van der Waals surface area contributed by atoms with E-state index in [4.69, 9.17) is 0 Å². The summed E-state index contributed by atoms with van der Waals surface area (Å²) in [6.45, 7) is 0. The standard InChI is InChI=1S/C13H11NOS/c1-16(15)14-12-8-4-2-6-10(12)11-7-3-5-9-13(11)14/h2-9H,1H3. The maximum atomic E-state index is 11.8. The van der Waals surface area contributed by atoms with Crippen LogP contribution in [-0.2, 0) is 11.0 Å². The van der Waals surface area contributed by atoms with E-state index in [-0.39, 0.29) is 0 Å². The van der Waals surface area contributed by atoms with Gasteiger partial charge in [0.15, 0.2) is 0 Å². The van der Waals surface area contributed by atoms with Gasteiger partial charge in [0.1, 0.15) is 11.0 Å². The average molecular weight is 229 g/mol.